The van der Waals surface area contributed by atoms with Gasteiger partial charge < -0.3 is 14.8 Å². The van der Waals surface area contributed by atoms with Crippen LogP contribution in [0.5, 0.6) is 5.75 Å². The fourth-order valence-electron chi connectivity index (χ4n) is 2.14. The van der Waals surface area contributed by atoms with E-state index in [4.69, 9.17) is 9.47 Å². The molecule has 0 spiro atoms. The minimum absolute atomic E-state index is 0.144. The van der Waals surface area contributed by atoms with Crippen LogP contribution in [0.25, 0.3) is 0 Å². The molecule has 2 rings (SSSR count). The third-order valence-corrected chi connectivity index (χ3v) is 3.43. The smallest absolute Gasteiger partial charge is 0.127 e. The fraction of sp³-hybridized carbons (Fsp3) is 0.571. The van der Waals surface area contributed by atoms with Gasteiger partial charge in [-0.1, -0.05) is 6.07 Å². The minimum atomic E-state index is 0.144. The molecule has 1 aromatic rings. The zero-order chi connectivity index (χ0) is 12.3. The summed E-state index contributed by atoms with van der Waals surface area (Å²) in [6.07, 6.45) is 1.29. The van der Waals surface area contributed by atoms with Gasteiger partial charge in [-0.2, -0.15) is 0 Å². The van der Waals surface area contributed by atoms with Crippen LogP contribution in [0.2, 0.25) is 0 Å². The van der Waals surface area contributed by atoms with E-state index in [-0.39, 0.29) is 12.2 Å². The molecule has 1 N–H and O–H groups in total. The number of rotatable bonds is 3. The highest BCUT2D eigenvalue weighted by atomic mass is 16.5. The fourth-order valence-corrected chi connectivity index (χ4v) is 2.14. The van der Waals surface area contributed by atoms with E-state index < -0.39 is 0 Å². The summed E-state index contributed by atoms with van der Waals surface area (Å²) < 4.78 is 11.5. The highest BCUT2D eigenvalue weighted by Gasteiger charge is 2.26. The van der Waals surface area contributed by atoms with E-state index in [0.29, 0.717) is 0 Å². The number of nitrogens with one attached hydrogen (secondary N) is 1. The second-order valence-corrected chi connectivity index (χ2v) is 4.67. The van der Waals surface area contributed by atoms with Crippen molar-refractivity contribution in [3.05, 3.63) is 29.3 Å². The van der Waals surface area contributed by atoms with Gasteiger partial charge in [0, 0.05) is 13.7 Å². The molecule has 1 aliphatic heterocycles. The molecule has 1 aliphatic rings. The Labute approximate surface area is 103 Å². The van der Waals surface area contributed by atoms with Gasteiger partial charge in [-0.25, -0.2) is 0 Å². The minimum Gasteiger partial charge on any atom is -0.488 e. The van der Waals surface area contributed by atoms with Gasteiger partial charge in [-0.15, -0.1) is 0 Å². The standard InChI is InChI=1S/C14H21NO2/c1-10-4-5-12(8-11(10)2)17-13-6-7-15-9-14(13)16-3/h4-5,8,13-15H,6-7,9H2,1-3H3/t13-,14+/m0/s1. The molecule has 3 nitrogen and oxygen atoms in total. The number of benzene rings is 1. The van der Waals surface area contributed by atoms with Crippen LogP contribution in [-0.4, -0.2) is 32.4 Å². The maximum atomic E-state index is 6.03. The zero-order valence-corrected chi connectivity index (χ0v) is 10.8. The third kappa shape index (κ3) is 2.99. The molecule has 0 bridgehead atoms. The van der Waals surface area contributed by atoms with Crippen molar-refractivity contribution < 1.29 is 9.47 Å². The van der Waals surface area contributed by atoms with Gasteiger partial charge in [-0.05, 0) is 50.1 Å². The zero-order valence-electron chi connectivity index (χ0n) is 10.8. The van der Waals surface area contributed by atoms with Gasteiger partial charge in [0.05, 0.1) is 0 Å². The Morgan fingerprint density at radius 1 is 1.18 bits per heavy atom. The van der Waals surface area contributed by atoms with Gasteiger partial charge in [-0.3, -0.25) is 0 Å². The first-order chi connectivity index (χ1) is 8.20. The molecule has 94 valence electrons. The second-order valence-electron chi connectivity index (χ2n) is 4.67. The Hall–Kier alpha value is -1.06. The van der Waals surface area contributed by atoms with Crippen LogP contribution < -0.4 is 10.1 Å². The van der Waals surface area contributed by atoms with E-state index >= 15 is 0 Å². The SMILES string of the molecule is CO[C@@H]1CNCC[C@@H]1Oc1ccc(C)c(C)c1. The lowest BCUT2D eigenvalue weighted by molar-refractivity contribution is -0.0141. The van der Waals surface area contributed by atoms with Crippen LogP contribution in [0.15, 0.2) is 18.2 Å². The Morgan fingerprint density at radius 2 is 2.00 bits per heavy atom. The highest BCUT2D eigenvalue weighted by Crippen LogP contribution is 2.21. The topological polar surface area (TPSA) is 30.5 Å². The molecule has 0 amide bonds. The van der Waals surface area contributed by atoms with Crippen LogP contribution in [-0.2, 0) is 4.74 Å². The number of hydrogen-bond donors (Lipinski definition) is 1. The van der Waals surface area contributed by atoms with Crippen LogP contribution >= 0.6 is 0 Å². The maximum Gasteiger partial charge on any atom is 0.127 e. The largest absolute Gasteiger partial charge is 0.488 e. The molecule has 1 aromatic carbocycles. The van der Waals surface area contributed by atoms with Gasteiger partial charge in [0.2, 0.25) is 0 Å². The Balaban J connectivity index is 2.05. The molecule has 0 aliphatic carbocycles. The number of ether oxygens (including phenoxy) is 2. The molecule has 2 atom stereocenters. The molecule has 3 heteroatoms. The predicted octanol–water partition coefficient (Wildman–Crippen LogP) is 2.06. The molecule has 0 aromatic heterocycles. The first-order valence-electron chi connectivity index (χ1n) is 6.18. The number of piperidine rings is 1. The molecule has 1 fully saturated rings. The van der Waals surface area contributed by atoms with Crippen molar-refractivity contribution in [1.82, 2.24) is 5.32 Å². The van der Waals surface area contributed by atoms with E-state index in [0.717, 1.165) is 25.3 Å². The van der Waals surface area contributed by atoms with Crippen LogP contribution in [0.3, 0.4) is 0 Å². The summed E-state index contributed by atoms with van der Waals surface area (Å²) in [7, 11) is 1.74. The highest BCUT2D eigenvalue weighted by molar-refractivity contribution is 5.34. The van der Waals surface area contributed by atoms with E-state index in [2.05, 4.69) is 31.3 Å². The lowest BCUT2D eigenvalue weighted by Crippen LogP contribution is -2.47. The lowest BCUT2D eigenvalue weighted by atomic mass is 10.1. The molecule has 17 heavy (non-hydrogen) atoms. The second kappa shape index (κ2) is 5.52. The average molecular weight is 235 g/mol. The van der Waals surface area contributed by atoms with Gasteiger partial charge >= 0.3 is 0 Å². The van der Waals surface area contributed by atoms with E-state index in [9.17, 15) is 0 Å². The lowest BCUT2D eigenvalue weighted by Gasteiger charge is -2.31. The summed E-state index contributed by atoms with van der Waals surface area (Å²) in [4.78, 5) is 0. The third-order valence-electron chi connectivity index (χ3n) is 3.43. The van der Waals surface area contributed by atoms with Crippen LogP contribution in [0.4, 0.5) is 0 Å². The van der Waals surface area contributed by atoms with Crippen molar-refractivity contribution in [2.75, 3.05) is 20.2 Å². The van der Waals surface area contributed by atoms with Crippen molar-refractivity contribution in [3.63, 3.8) is 0 Å². The molecule has 0 radical (unpaired) electrons. The van der Waals surface area contributed by atoms with Crippen molar-refractivity contribution in [2.24, 2.45) is 0 Å². The van der Waals surface area contributed by atoms with Crippen LogP contribution in [0, 0.1) is 13.8 Å². The summed E-state index contributed by atoms with van der Waals surface area (Å²) in [6.45, 7) is 6.08. The predicted molar refractivity (Wildman–Crippen MR) is 68.6 cm³/mol. The summed E-state index contributed by atoms with van der Waals surface area (Å²) in [5.41, 5.74) is 2.57. The Morgan fingerprint density at radius 3 is 2.71 bits per heavy atom. The molecular formula is C14H21NO2. The van der Waals surface area contributed by atoms with Gasteiger partial charge in [0.1, 0.15) is 18.0 Å². The number of hydrogen-bond acceptors (Lipinski definition) is 3. The Kier molecular flexibility index (Phi) is 4.02. The molecular weight excluding hydrogens is 214 g/mol. The van der Waals surface area contributed by atoms with E-state index in [1.165, 1.54) is 11.1 Å². The van der Waals surface area contributed by atoms with Gasteiger partial charge in [0.15, 0.2) is 0 Å². The summed E-state index contributed by atoms with van der Waals surface area (Å²) in [6, 6.07) is 6.24. The molecule has 1 saturated heterocycles. The monoisotopic (exact) mass is 235 g/mol. The average Bonchev–Trinajstić information content (AvgIpc) is 2.34. The normalized spacial score (nSPS) is 24.6. The first kappa shape index (κ1) is 12.4. The summed E-state index contributed by atoms with van der Waals surface area (Å²) in [5.74, 6) is 0.946. The van der Waals surface area contributed by atoms with Crippen molar-refractivity contribution in [1.29, 1.82) is 0 Å². The Bertz CT molecular complexity index is 378. The van der Waals surface area contributed by atoms with Crippen molar-refractivity contribution in [2.45, 2.75) is 32.5 Å². The molecule has 0 unspecified atom stereocenters. The number of methoxy groups -OCH3 is 1. The van der Waals surface area contributed by atoms with E-state index in [1.807, 2.05) is 6.07 Å². The van der Waals surface area contributed by atoms with Gasteiger partial charge in [0.25, 0.3) is 0 Å². The summed E-state index contributed by atoms with van der Waals surface area (Å²) >= 11 is 0. The van der Waals surface area contributed by atoms with Crippen LogP contribution in [0.1, 0.15) is 17.5 Å². The summed E-state index contributed by atoms with van der Waals surface area (Å²) in [5, 5.41) is 3.32. The molecule has 0 saturated carbocycles. The van der Waals surface area contributed by atoms with E-state index in [1.54, 1.807) is 7.11 Å². The van der Waals surface area contributed by atoms with Crippen molar-refractivity contribution >= 4 is 0 Å². The maximum absolute atomic E-state index is 6.03. The quantitative estimate of drug-likeness (QED) is 0.870. The molecule has 1 heterocycles. The number of aryl methyl sites for hydroxylation is 2. The first-order valence-corrected chi connectivity index (χ1v) is 6.18. The van der Waals surface area contributed by atoms with Crippen molar-refractivity contribution in [3.8, 4) is 5.75 Å².